The zero-order valence-corrected chi connectivity index (χ0v) is 10.3. The molecule has 1 aromatic heterocycles. The average molecular weight is 279 g/mol. The summed E-state index contributed by atoms with van der Waals surface area (Å²) in [5.41, 5.74) is 0. The molecule has 1 aliphatic carbocycles. The average Bonchev–Trinajstić information content (AvgIpc) is 2.99. The van der Waals surface area contributed by atoms with Crippen LogP contribution in [-0.4, -0.2) is 29.8 Å². The van der Waals surface area contributed by atoms with E-state index in [0.717, 1.165) is 17.7 Å². The van der Waals surface area contributed by atoms with Crippen LogP contribution >= 0.6 is 11.3 Å². The van der Waals surface area contributed by atoms with E-state index in [1.54, 1.807) is 0 Å². The highest BCUT2D eigenvalue weighted by Gasteiger charge is 2.36. The van der Waals surface area contributed by atoms with Crippen LogP contribution in [0.4, 0.5) is 18.0 Å². The largest absolute Gasteiger partial charge is 0.440 e. The van der Waals surface area contributed by atoms with Crippen molar-refractivity contribution >= 4 is 17.4 Å². The van der Waals surface area contributed by atoms with Crippen molar-refractivity contribution in [2.75, 3.05) is 6.61 Å². The molecule has 1 amide bonds. The number of ether oxygens (including phenoxy) is 1. The first kappa shape index (κ1) is 13.2. The lowest BCUT2D eigenvalue weighted by molar-refractivity contribution is -0.162. The van der Waals surface area contributed by atoms with E-state index >= 15 is 0 Å². The van der Waals surface area contributed by atoms with Gasteiger partial charge in [0.15, 0.2) is 6.61 Å². The maximum absolute atomic E-state index is 12.0. The number of carbonyl (C=O) groups excluding carboxylic acids is 1. The first-order chi connectivity index (χ1) is 8.46. The fourth-order valence-electron chi connectivity index (χ4n) is 1.53. The van der Waals surface area contributed by atoms with E-state index in [0.29, 0.717) is 6.54 Å². The Hall–Kier alpha value is -1.24. The van der Waals surface area contributed by atoms with Crippen LogP contribution in [0, 0.1) is 0 Å². The SMILES string of the molecule is O=C(OCC(F)(F)F)N(Cc1cccs1)C1CC1. The summed E-state index contributed by atoms with van der Waals surface area (Å²) in [6, 6.07) is 3.70. The monoisotopic (exact) mass is 279 g/mol. The second kappa shape index (κ2) is 5.17. The number of rotatable bonds is 4. The molecule has 0 saturated heterocycles. The van der Waals surface area contributed by atoms with Gasteiger partial charge in [0.2, 0.25) is 0 Å². The molecule has 0 spiro atoms. The Labute approximate surface area is 106 Å². The van der Waals surface area contributed by atoms with E-state index in [9.17, 15) is 18.0 Å². The van der Waals surface area contributed by atoms with Gasteiger partial charge in [0.1, 0.15) is 0 Å². The van der Waals surface area contributed by atoms with Crippen LogP contribution in [0.5, 0.6) is 0 Å². The molecule has 0 aliphatic heterocycles. The fraction of sp³-hybridized carbons (Fsp3) is 0.545. The molecule has 0 aromatic carbocycles. The Bertz CT molecular complexity index is 401. The van der Waals surface area contributed by atoms with Gasteiger partial charge in [-0.1, -0.05) is 6.07 Å². The molecule has 1 aliphatic rings. The molecule has 0 atom stereocenters. The number of carbonyl (C=O) groups is 1. The molecule has 1 saturated carbocycles. The molecule has 100 valence electrons. The minimum absolute atomic E-state index is 0.0211. The second-order valence-corrected chi connectivity index (χ2v) is 5.14. The Morgan fingerprint density at radius 3 is 2.72 bits per heavy atom. The van der Waals surface area contributed by atoms with Gasteiger partial charge in [0.25, 0.3) is 0 Å². The van der Waals surface area contributed by atoms with Crippen LogP contribution in [0.2, 0.25) is 0 Å². The highest BCUT2D eigenvalue weighted by atomic mass is 32.1. The van der Waals surface area contributed by atoms with Gasteiger partial charge >= 0.3 is 12.3 Å². The highest BCUT2D eigenvalue weighted by molar-refractivity contribution is 7.09. The van der Waals surface area contributed by atoms with Crippen molar-refractivity contribution in [3.05, 3.63) is 22.4 Å². The summed E-state index contributed by atoms with van der Waals surface area (Å²) in [4.78, 5) is 13.9. The lowest BCUT2D eigenvalue weighted by Crippen LogP contribution is -2.35. The molecule has 2 rings (SSSR count). The van der Waals surface area contributed by atoms with Crippen molar-refractivity contribution in [3.63, 3.8) is 0 Å². The summed E-state index contributed by atoms with van der Waals surface area (Å²) in [6.45, 7) is -1.21. The second-order valence-electron chi connectivity index (χ2n) is 4.11. The quantitative estimate of drug-likeness (QED) is 0.845. The smallest absolute Gasteiger partial charge is 0.422 e. The fourth-order valence-corrected chi connectivity index (χ4v) is 2.23. The van der Waals surface area contributed by atoms with E-state index in [1.165, 1.54) is 16.2 Å². The number of amides is 1. The van der Waals surface area contributed by atoms with Crippen LogP contribution in [0.25, 0.3) is 0 Å². The van der Waals surface area contributed by atoms with Crippen LogP contribution in [0.1, 0.15) is 17.7 Å². The molecule has 18 heavy (non-hydrogen) atoms. The van der Waals surface area contributed by atoms with E-state index in [-0.39, 0.29) is 6.04 Å². The Morgan fingerprint density at radius 1 is 1.50 bits per heavy atom. The summed E-state index contributed by atoms with van der Waals surface area (Å²) >= 11 is 1.47. The first-order valence-corrected chi connectivity index (χ1v) is 6.36. The topological polar surface area (TPSA) is 29.5 Å². The molecule has 0 unspecified atom stereocenters. The van der Waals surface area contributed by atoms with Crippen LogP contribution < -0.4 is 0 Å². The van der Waals surface area contributed by atoms with Crippen LogP contribution in [0.3, 0.4) is 0 Å². The van der Waals surface area contributed by atoms with Gasteiger partial charge in [0, 0.05) is 10.9 Å². The molecular weight excluding hydrogens is 267 g/mol. The predicted molar refractivity (Wildman–Crippen MR) is 60.3 cm³/mol. The molecule has 1 heterocycles. The maximum Gasteiger partial charge on any atom is 0.422 e. The normalized spacial score (nSPS) is 15.5. The van der Waals surface area contributed by atoms with Crippen molar-refractivity contribution < 1.29 is 22.7 Å². The van der Waals surface area contributed by atoms with E-state index < -0.39 is 18.9 Å². The van der Waals surface area contributed by atoms with E-state index in [1.807, 2.05) is 17.5 Å². The number of hydrogen-bond donors (Lipinski definition) is 0. The predicted octanol–water partition coefficient (Wildman–Crippen LogP) is 3.41. The third-order valence-corrected chi connectivity index (χ3v) is 3.35. The minimum atomic E-state index is -4.48. The van der Waals surface area contributed by atoms with Crippen LogP contribution in [-0.2, 0) is 11.3 Å². The number of thiophene rings is 1. The third kappa shape index (κ3) is 3.90. The molecule has 7 heteroatoms. The number of alkyl halides is 3. The lowest BCUT2D eigenvalue weighted by atomic mass is 10.4. The zero-order chi connectivity index (χ0) is 13.2. The van der Waals surface area contributed by atoms with E-state index in [4.69, 9.17) is 0 Å². The van der Waals surface area contributed by atoms with Gasteiger partial charge in [-0.25, -0.2) is 4.79 Å². The number of halogens is 3. The van der Waals surface area contributed by atoms with Crippen molar-refractivity contribution in [1.82, 2.24) is 4.90 Å². The molecule has 3 nitrogen and oxygen atoms in total. The minimum Gasteiger partial charge on any atom is -0.440 e. The number of nitrogens with zero attached hydrogens (tertiary/aromatic N) is 1. The van der Waals surface area contributed by atoms with Gasteiger partial charge in [-0.05, 0) is 24.3 Å². The first-order valence-electron chi connectivity index (χ1n) is 5.48. The van der Waals surface area contributed by atoms with Gasteiger partial charge < -0.3 is 9.64 Å². The standard InChI is InChI=1S/C11H12F3NO2S/c12-11(13,14)7-17-10(16)15(8-3-4-8)6-9-2-1-5-18-9/h1-2,5,8H,3-4,6-7H2. The Morgan fingerprint density at radius 2 is 2.22 bits per heavy atom. The summed E-state index contributed by atoms with van der Waals surface area (Å²) < 4.78 is 40.2. The summed E-state index contributed by atoms with van der Waals surface area (Å²) in [5, 5.41) is 1.86. The van der Waals surface area contributed by atoms with Gasteiger partial charge in [-0.2, -0.15) is 13.2 Å². The molecule has 0 bridgehead atoms. The molecule has 0 radical (unpaired) electrons. The summed E-state index contributed by atoms with van der Waals surface area (Å²) in [5.74, 6) is 0. The maximum atomic E-state index is 12.0. The third-order valence-electron chi connectivity index (χ3n) is 2.49. The molecular formula is C11H12F3NO2S. The highest BCUT2D eigenvalue weighted by Crippen LogP contribution is 2.30. The lowest BCUT2D eigenvalue weighted by Gasteiger charge is -2.21. The van der Waals surface area contributed by atoms with E-state index in [2.05, 4.69) is 4.74 Å². The van der Waals surface area contributed by atoms with Gasteiger partial charge in [0.05, 0.1) is 6.54 Å². The zero-order valence-electron chi connectivity index (χ0n) is 9.44. The Kier molecular flexibility index (Phi) is 3.79. The molecule has 1 aromatic rings. The van der Waals surface area contributed by atoms with Gasteiger partial charge in [-0.3, -0.25) is 0 Å². The van der Waals surface area contributed by atoms with Crippen molar-refractivity contribution in [2.24, 2.45) is 0 Å². The van der Waals surface area contributed by atoms with Crippen molar-refractivity contribution in [1.29, 1.82) is 0 Å². The summed E-state index contributed by atoms with van der Waals surface area (Å²) in [7, 11) is 0. The van der Waals surface area contributed by atoms with Crippen molar-refractivity contribution in [3.8, 4) is 0 Å². The van der Waals surface area contributed by atoms with Crippen molar-refractivity contribution in [2.45, 2.75) is 31.6 Å². The summed E-state index contributed by atoms with van der Waals surface area (Å²) in [6.07, 6.45) is -3.71. The van der Waals surface area contributed by atoms with Gasteiger partial charge in [-0.15, -0.1) is 11.3 Å². The molecule has 1 fully saturated rings. The number of hydrogen-bond acceptors (Lipinski definition) is 3. The molecule has 0 N–H and O–H groups in total. The van der Waals surface area contributed by atoms with Crippen LogP contribution in [0.15, 0.2) is 17.5 Å². The Balaban J connectivity index is 1.91.